The van der Waals surface area contributed by atoms with E-state index in [4.69, 9.17) is 10.5 Å². The Labute approximate surface area is 133 Å². The molecule has 1 aromatic rings. The monoisotopic (exact) mass is 314 g/mol. The van der Waals surface area contributed by atoms with Crippen molar-refractivity contribution in [2.75, 3.05) is 13.7 Å². The molecule has 21 heavy (non-hydrogen) atoms. The number of aryl methyl sites for hydroxylation is 1. The zero-order valence-corrected chi connectivity index (χ0v) is 14.1. The van der Waals surface area contributed by atoms with Crippen molar-refractivity contribution in [1.29, 1.82) is 0 Å². The molecule has 0 saturated heterocycles. The maximum Gasteiger partial charge on any atom is 0.237 e. The third-order valence-corrected chi connectivity index (χ3v) is 3.69. The fourth-order valence-corrected chi connectivity index (χ4v) is 2.05. The number of hydrogen-bond donors (Lipinski definition) is 2. The Balaban J connectivity index is 0.00000400. The minimum absolute atomic E-state index is 0. The summed E-state index contributed by atoms with van der Waals surface area (Å²) in [6.07, 6.45) is 1.64. The van der Waals surface area contributed by atoms with E-state index in [0.717, 1.165) is 24.2 Å². The van der Waals surface area contributed by atoms with E-state index >= 15 is 0 Å². The average molecular weight is 315 g/mol. The summed E-state index contributed by atoms with van der Waals surface area (Å²) in [5, 5.41) is 2.90. The molecule has 1 aromatic carbocycles. The lowest BCUT2D eigenvalue weighted by Gasteiger charge is -2.18. The first-order valence-electron chi connectivity index (χ1n) is 7.16. The molecular formula is C16H27ClN2O2. The molecule has 0 aliphatic rings. The summed E-state index contributed by atoms with van der Waals surface area (Å²) in [6, 6.07) is 5.62. The third-order valence-electron chi connectivity index (χ3n) is 3.69. The van der Waals surface area contributed by atoms with Gasteiger partial charge in [-0.25, -0.2) is 0 Å². The number of nitrogens with one attached hydrogen (secondary N) is 1. The predicted molar refractivity (Wildman–Crippen MR) is 89.1 cm³/mol. The number of methoxy groups -OCH3 is 1. The molecule has 0 bridgehead atoms. The van der Waals surface area contributed by atoms with Gasteiger partial charge in [0.15, 0.2) is 0 Å². The van der Waals surface area contributed by atoms with Gasteiger partial charge in [-0.2, -0.15) is 0 Å². The smallest absolute Gasteiger partial charge is 0.237 e. The van der Waals surface area contributed by atoms with Crippen molar-refractivity contribution >= 4 is 18.3 Å². The highest BCUT2D eigenvalue weighted by molar-refractivity contribution is 5.85. The van der Waals surface area contributed by atoms with E-state index in [9.17, 15) is 4.79 Å². The summed E-state index contributed by atoms with van der Waals surface area (Å²) in [5.41, 5.74) is 8.18. The number of benzene rings is 1. The zero-order chi connectivity index (χ0) is 15.1. The van der Waals surface area contributed by atoms with Gasteiger partial charge in [0.2, 0.25) is 5.91 Å². The Morgan fingerprint density at radius 3 is 2.67 bits per heavy atom. The average Bonchev–Trinajstić information content (AvgIpc) is 2.45. The quantitative estimate of drug-likeness (QED) is 0.812. The van der Waals surface area contributed by atoms with Crippen LogP contribution in [-0.2, 0) is 11.2 Å². The molecule has 1 rings (SSSR count). The van der Waals surface area contributed by atoms with Crippen LogP contribution in [0.2, 0.25) is 0 Å². The molecule has 0 heterocycles. The van der Waals surface area contributed by atoms with Gasteiger partial charge < -0.3 is 15.8 Å². The maximum atomic E-state index is 11.9. The molecule has 3 N–H and O–H groups in total. The summed E-state index contributed by atoms with van der Waals surface area (Å²) in [4.78, 5) is 11.9. The molecule has 0 fully saturated rings. The molecule has 1 amide bonds. The number of carbonyl (C=O) groups excluding carboxylic acids is 1. The molecule has 4 nitrogen and oxygen atoms in total. The lowest BCUT2D eigenvalue weighted by atomic mass is 9.99. The highest BCUT2D eigenvalue weighted by Gasteiger charge is 2.18. The first kappa shape index (κ1) is 19.7. The van der Waals surface area contributed by atoms with Crippen molar-refractivity contribution in [2.24, 2.45) is 11.7 Å². The summed E-state index contributed by atoms with van der Waals surface area (Å²) in [6.45, 7) is 6.65. The van der Waals surface area contributed by atoms with E-state index in [0.29, 0.717) is 6.54 Å². The minimum Gasteiger partial charge on any atom is -0.496 e. The minimum atomic E-state index is -0.431. The molecular weight excluding hydrogens is 288 g/mol. The van der Waals surface area contributed by atoms with Crippen molar-refractivity contribution < 1.29 is 9.53 Å². The van der Waals surface area contributed by atoms with Crippen LogP contribution in [0.15, 0.2) is 18.2 Å². The Bertz CT molecular complexity index is 452. The van der Waals surface area contributed by atoms with Crippen molar-refractivity contribution in [3.8, 4) is 5.75 Å². The van der Waals surface area contributed by atoms with Gasteiger partial charge in [-0.1, -0.05) is 38.0 Å². The molecule has 5 heteroatoms. The number of halogens is 1. The lowest BCUT2D eigenvalue weighted by Crippen LogP contribution is -2.45. The van der Waals surface area contributed by atoms with E-state index in [1.807, 2.05) is 32.9 Å². The van der Waals surface area contributed by atoms with Crippen molar-refractivity contribution in [3.63, 3.8) is 0 Å². The van der Waals surface area contributed by atoms with Crippen LogP contribution in [0.25, 0.3) is 0 Å². The van der Waals surface area contributed by atoms with E-state index < -0.39 is 6.04 Å². The third kappa shape index (κ3) is 5.94. The van der Waals surface area contributed by atoms with Crippen LogP contribution < -0.4 is 15.8 Å². The Morgan fingerprint density at radius 1 is 1.43 bits per heavy atom. The van der Waals surface area contributed by atoms with Gasteiger partial charge in [-0.05, 0) is 30.9 Å². The van der Waals surface area contributed by atoms with Gasteiger partial charge in [-0.15, -0.1) is 12.4 Å². The fourth-order valence-electron chi connectivity index (χ4n) is 2.05. The molecule has 0 radical (unpaired) electrons. The fraction of sp³-hybridized carbons (Fsp3) is 0.562. The molecule has 0 aliphatic heterocycles. The second-order valence-electron chi connectivity index (χ2n) is 5.27. The number of rotatable bonds is 7. The normalized spacial score (nSPS) is 13.0. The van der Waals surface area contributed by atoms with Gasteiger partial charge >= 0.3 is 0 Å². The second-order valence-corrected chi connectivity index (χ2v) is 5.27. The summed E-state index contributed by atoms with van der Waals surface area (Å²) in [7, 11) is 1.66. The van der Waals surface area contributed by atoms with Crippen LogP contribution in [-0.4, -0.2) is 25.6 Å². The standard InChI is InChI=1S/C16H26N2O2.ClH/c1-5-12(3)15(17)16(19)18-9-8-13-10-11(2)6-7-14(13)20-4;/h6-7,10,12,15H,5,8-9,17H2,1-4H3,(H,18,19);1H. The van der Waals surface area contributed by atoms with Crippen molar-refractivity contribution in [3.05, 3.63) is 29.3 Å². The van der Waals surface area contributed by atoms with E-state index in [-0.39, 0.29) is 24.2 Å². The topological polar surface area (TPSA) is 64.4 Å². The molecule has 0 aliphatic carbocycles. The number of ether oxygens (including phenoxy) is 1. The van der Waals surface area contributed by atoms with Crippen LogP contribution in [0.1, 0.15) is 31.4 Å². The van der Waals surface area contributed by atoms with Gasteiger partial charge in [0.25, 0.3) is 0 Å². The van der Waals surface area contributed by atoms with E-state index in [1.165, 1.54) is 5.56 Å². The molecule has 0 spiro atoms. The summed E-state index contributed by atoms with van der Waals surface area (Å²) >= 11 is 0. The molecule has 120 valence electrons. The van der Waals surface area contributed by atoms with Crippen LogP contribution in [0, 0.1) is 12.8 Å². The molecule has 2 unspecified atom stereocenters. The van der Waals surface area contributed by atoms with Gasteiger partial charge in [0.1, 0.15) is 5.75 Å². The highest BCUT2D eigenvalue weighted by atomic mass is 35.5. The van der Waals surface area contributed by atoms with Crippen molar-refractivity contribution in [2.45, 2.75) is 39.7 Å². The van der Waals surface area contributed by atoms with Gasteiger partial charge in [-0.3, -0.25) is 4.79 Å². The largest absolute Gasteiger partial charge is 0.496 e. The van der Waals surface area contributed by atoms with Gasteiger partial charge in [0, 0.05) is 6.54 Å². The summed E-state index contributed by atoms with van der Waals surface area (Å²) in [5.74, 6) is 0.977. The van der Waals surface area contributed by atoms with Crippen molar-refractivity contribution in [1.82, 2.24) is 5.32 Å². The summed E-state index contributed by atoms with van der Waals surface area (Å²) < 4.78 is 5.32. The maximum absolute atomic E-state index is 11.9. The number of amides is 1. The number of hydrogen-bond acceptors (Lipinski definition) is 3. The Hall–Kier alpha value is -1.26. The van der Waals surface area contributed by atoms with E-state index in [2.05, 4.69) is 11.4 Å². The Morgan fingerprint density at radius 2 is 2.10 bits per heavy atom. The van der Waals surface area contributed by atoms with Crippen LogP contribution in [0.5, 0.6) is 5.75 Å². The Kier molecular flexibility index (Phi) is 9.06. The molecule has 0 aromatic heterocycles. The van der Waals surface area contributed by atoms with E-state index in [1.54, 1.807) is 7.11 Å². The van der Waals surface area contributed by atoms with Gasteiger partial charge in [0.05, 0.1) is 13.2 Å². The molecule has 2 atom stereocenters. The second kappa shape index (κ2) is 9.64. The zero-order valence-electron chi connectivity index (χ0n) is 13.3. The lowest BCUT2D eigenvalue weighted by molar-refractivity contribution is -0.123. The number of carbonyl (C=O) groups is 1. The SMILES string of the molecule is CCC(C)C(N)C(=O)NCCc1cc(C)ccc1OC.Cl. The van der Waals surface area contributed by atoms with Crippen LogP contribution >= 0.6 is 12.4 Å². The van der Waals surface area contributed by atoms with Crippen LogP contribution in [0.4, 0.5) is 0 Å². The highest BCUT2D eigenvalue weighted by Crippen LogP contribution is 2.19. The first-order chi connectivity index (χ1) is 9.49. The predicted octanol–water partition coefficient (Wildman–Crippen LogP) is 2.46. The molecule has 0 saturated carbocycles. The number of nitrogens with two attached hydrogens (primary N) is 1. The first-order valence-corrected chi connectivity index (χ1v) is 7.16. The van der Waals surface area contributed by atoms with Crippen LogP contribution in [0.3, 0.4) is 0 Å².